The minimum absolute atomic E-state index is 0.142. The van der Waals surface area contributed by atoms with E-state index in [0.29, 0.717) is 18.8 Å². The van der Waals surface area contributed by atoms with Crippen LogP contribution in [0.5, 0.6) is 0 Å². The highest BCUT2D eigenvalue weighted by molar-refractivity contribution is 5.75. The number of carbonyl (C=O) groups is 2. The number of nitrogens with one attached hydrogen (secondary N) is 1. The lowest BCUT2D eigenvalue weighted by atomic mass is 9.83. The van der Waals surface area contributed by atoms with Gasteiger partial charge in [0.05, 0.1) is 12.0 Å². The lowest BCUT2D eigenvalue weighted by Crippen LogP contribution is -2.46. The molecule has 1 aliphatic carbocycles. The van der Waals surface area contributed by atoms with E-state index in [0.717, 1.165) is 6.42 Å². The molecule has 1 heterocycles. The molecule has 25 heavy (non-hydrogen) atoms. The van der Waals surface area contributed by atoms with Gasteiger partial charge in [-0.25, -0.2) is 4.79 Å². The van der Waals surface area contributed by atoms with E-state index in [9.17, 15) is 9.59 Å². The Morgan fingerprint density at radius 1 is 1.36 bits per heavy atom. The van der Waals surface area contributed by atoms with Crippen LogP contribution in [0.4, 0.5) is 4.79 Å². The van der Waals surface area contributed by atoms with Gasteiger partial charge in [0.2, 0.25) is 0 Å². The van der Waals surface area contributed by atoms with Crippen LogP contribution in [-0.2, 0) is 14.3 Å². The number of hydrogen-bond acceptors (Lipinski definition) is 4. The minimum atomic E-state index is -0.544. The summed E-state index contributed by atoms with van der Waals surface area (Å²) in [4.78, 5) is 24.3. The molecule has 2 aliphatic rings. The molecular formula is C20H33NO4. The Morgan fingerprint density at radius 3 is 2.64 bits per heavy atom. The predicted octanol–water partition coefficient (Wildman–Crippen LogP) is 4.36. The van der Waals surface area contributed by atoms with Gasteiger partial charge in [0.15, 0.2) is 0 Å². The van der Waals surface area contributed by atoms with Crippen LogP contribution in [0.1, 0.15) is 72.1 Å². The first-order valence-corrected chi connectivity index (χ1v) is 9.59. The van der Waals surface area contributed by atoms with Crippen LogP contribution in [0.15, 0.2) is 12.7 Å². The third-order valence-corrected chi connectivity index (χ3v) is 5.03. The Balaban J connectivity index is 2.02. The molecule has 5 heteroatoms. The molecule has 3 atom stereocenters. The van der Waals surface area contributed by atoms with Crippen LogP contribution in [0.2, 0.25) is 0 Å². The molecule has 5 nitrogen and oxygen atoms in total. The maximum Gasteiger partial charge on any atom is 0.408 e. The van der Waals surface area contributed by atoms with Gasteiger partial charge in [0.25, 0.3) is 0 Å². The van der Waals surface area contributed by atoms with Crippen LogP contribution in [0.3, 0.4) is 0 Å². The zero-order chi connectivity index (χ0) is 18.4. The monoisotopic (exact) mass is 351 g/mol. The molecule has 0 radical (unpaired) electrons. The van der Waals surface area contributed by atoms with E-state index < -0.39 is 11.7 Å². The molecule has 1 saturated heterocycles. The van der Waals surface area contributed by atoms with Crippen molar-refractivity contribution in [3.8, 4) is 0 Å². The number of esters is 1. The first-order valence-electron chi connectivity index (χ1n) is 9.59. The molecule has 2 fully saturated rings. The second-order valence-corrected chi connectivity index (χ2v) is 8.42. The van der Waals surface area contributed by atoms with E-state index in [-0.39, 0.29) is 24.0 Å². The summed E-state index contributed by atoms with van der Waals surface area (Å²) in [7, 11) is 0. The van der Waals surface area contributed by atoms with Crippen molar-refractivity contribution in [3.05, 3.63) is 12.7 Å². The van der Waals surface area contributed by atoms with Crippen molar-refractivity contribution in [2.75, 3.05) is 0 Å². The summed E-state index contributed by atoms with van der Waals surface area (Å²) in [5.74, 6) is 0.257. The Kier molecular flexibility index (Phi) is 6.91. The summed E-state index contributed by atoms with van der Waals surface area (Å²) >= 11 is 0. The smallest absolute Gasteiger partial charge is 0.408 e. The van der Waals surface area contributed by atoms with E-state index in [4.69, 9.17) is 9.47 Å². The van der Waals surface area contributed by atoms with Gasteiger partial charge in [-0.2, -0.15) is 0 Å². The zero-order valence-corrected chi connectivity index (χ0v) is 15.9. The lowest BCUT2D eigenvalue weighted by Gasteiger charge is -2.30. The quantitative estimate of drug-likeness (QED) is 0.570. The number of ether oxygens (including phenoxy) is 2. The minimum Gasteiger partial charge on any atom is -0.460 e. The first kappa shape index (κ1) is 19.8. The van der Waals surface area contributed by atoms with E-state index in [1.165, 1.54) is 32.1 Å². The summed E-state index contributed by atoms with van der Waals surface area (Å²) in [6.45, 7) is 9.25. The zero-order valence-electron chi connectivity index (χ0n) is 15.9. The fourth-order valence-corrected chi connectivity index (χ4v) is 3.85. The summed E-state index contributed by atoms with van der Waals surface area (Å²) in [5.41, 5.74) is -0.544. The second kappa shape index (κ2) is 8.72. The number of hydrogen-bond donors (Lipinski definition) is 1. The lowest BCUT2D eigenvalue weighted by molar-refractivity contribution is -0.145. The van der Waals surface area contributed by atoms with Crippen LogP contribution in [-0.4, -0.2) is 29.8 Å². The Hall–Kier alpha value is -1.52. The van der Waals surface area contributed by atoms with E-state index in [1.807, 2.05) is 20.8 Å². The molecule has 142 valence electrons. The van der Waals surface area contributed by atoms with Crippen LogP contribution in [0.25, 0.3) is 0 Å². The third-order valence-electron chi connectivity index (χ3n) is 5.03. The molecule has 0 aromatic heterocycles. The number of cyclic esters (lactones) is 1. The summed E-state index contributed by atoms with van der Waals surface area (Å²) < 4.78 is 11.0. The Bertz CT molecular complexity index is 477. The van der Waals surface area contributed by atoms with Crippen molar-refractivity contribution >= 4 is 12.1 Å². The highest BCUT2D eigenvalue weighted by Crippen LogP contribution is 2.33. The molecule has 0 aromatic rings. The molecule has 1 saturated carbocycles. The van der Waals surface area contributed by atoms with Gasteiger partial charge in [0, 0.05) is 0 Å². The van der Waals surface area contributed by atoms with Crippen molar-refractivity contribution in [1.82, 2.24) is 5.32 Å². The van der Waals surface area contributed by atoms with Gasteiger partial charge in [-0.3, -0.25) is 4.79 Å². The van der Waals surface area contributed by atoms with Crippen LogP contribution < -0.4 is 5.32 Å². The standard InChI is InChI=1S/C20H33NO4/c1-5-9-15-13-17(24-18(15)22)16(12-14-10-7-6-8-11-14)21-19(23)25-20(2,3)4/h5,14-17H,1,6-13H2,2-4H3,(H,21,23)/t15-,16?,17+/m1/s1. The molecular weight excluding hydrogens is 318 g/mol. The summed E-state index contributed by atoms with van der Waals surface area (Å²) in [6.07, 6.45) is 9.30. The number of carbonyl (C=O) groups excluding carboxylic acids is 2. The van der Waals surface area contributed by atoms with Crippen molar-refractivity contribution < 1.29 is 19.1 Å². The molecule has 0 aromatic carbocycles. The topological polar surface area (TPSA) is 64.6 Å². The second-order valence-electron chi connectivity index (χ2n) is 8.42. The molecule has 1 aliphatic heterocycles. The van der Waals surface area contributed by atoms with Gasteiger partial charge >= 0.3 is 12.1 Å². The maximum absolute atomic E-state index is 12.3. The maximum atomic E-state index is 12.3. The molecule has 1 unspecified atom stereocenters. The molecule has 1 amide bonds. The number of rotatable bonds is 6. The van der Waals surface area contributed by atoms with Gasteiger partial charge in [-0.15, -0.1) is 6.58 Å². The Labute approximate surface area is 151 Å². The van der Waals surface area contributed by atoms with Gasteiger partial charge in [0.1, 0.15) is 11.7 Å². The third kappa shape index (κ3) is 6.37. The molecule has 1 N–H and O–H groups in total. The average Bonchev–Trinajstić information content (AvgIpc) is 2.87. The Morgan fingerprint density at radius 2 is 2.04 bits per heavy atom. The van der Waals surface area contributed by atoms with Crippen molar-refractivity contribution in [1.29, 1.82) is 0 Å². The molecule has 0 spiro atoms. The summed E-state index contributed by atoms with van der Waals surface area (Å²) in [5, 5.41) is 2.98. The van der Waals surface area contributed by atoms with E-state index in [2.05, 4.69) is 11.9 Å². The normalized spacial score (nSPS) is 26.0. The highest BCUT2D eigenvalue weighted by Gasteiger charge is 2.40. The summed E-state index contributed by atoms with van der Waals surface area (Å²) in [6, 6.07) is -0.184. The van der Waals surface area contributed by atoms with Crippen molar-refractivity contribution in [2.24, 2.45) is 11.8 Å². The first-order chi connectivity index (χ1) is 11.8. The number of alkyl carbamates (subject to hydrolysis) is 1. The largest absolute Gasteiger partial charge is 0.460 e. The fraction of sp³-hybridized carbons (Fsp3) is 0.800. The van der Waals surface area contributed by atoms with Crippen molar-refractivity contribution in [3.63, 3.8) is 0 Å². The highest BCUT2D eigenvalue weighted by atomic mass is 16.6. The molecule has 2 rings (SSSR count). The van der Waals surface area contributed by atoms with Gasteiger partial charge in [-0.1, -0.05) is 38.2 Å². The average molecular weight is 351 g/mol. The van der Waals surface area contributed by atoms with E-state index in [1.54, 1.807) is 6.08 Å². The van der Waals surface area contributed by atoms with E-state index >= 15 is 0 Å². The number of allylic oxidation sites excluding steroid dienone is 1. The van der Waals surface area contributed by atoms with Crippen molar-refractivity contribution in [2.45, 2.75) is 89.9 Å². The van der Waals surface area contributed by atoms with Crippen LogP contribution >= 0.6 is 0 Å². The van der Waals surface area contributed by atoms with Crippen LogP contribution in [0, 0.1) is 11.8 Å². The SMILES string of the molecule is C=CC[C@@H]1C[C@@H](C(CC2CCCCC2)NC(=O)OC(C)(C)C)OC1=O. The molecule has 0 bridgehead atoms. The van der Waals surface area contributed by atoms with Gasteiger partial charge in [-0.05, 0) is 46.0 Å². The number of amides is 1. The van der Waals surface area contributed by atoms with Gasteiger partial charge < -0.3 is 14.8 Å². The fourth-order valence-electron chi connectivity index (χ4n) is 3.85. The predicted molar refractivity (Wildman–Crippen MR) is 97.2 cm³/mol.